The molecule has 0 saturated carbocycles. The van der Waals surface area contributed by atoms with E-state index in [4.69, 9.17) is 30.6 Å². The molecule has 0 spiro atoms. The quantitative estimate of drug-likeness (QED) is 0.399. The Bertz CT molecular complexity index is 195. The van der Waals surface area contributed by atoms with Crippen molar-refractivity contribution >= 4 is 46.7 Å². The minimum atomic E-state index is -1.08. The summed E-state index contributed by atoms with van der Waals surface area (Å²) in [4.78, 5) is 17.8. The van der Waals surface area contributed by atoms with Crippen molar-refractivity contribution < 1.29 is 53.4 Å². The van der Waals surface area contributed by atoms with E-state index in [9.17, 15) is 0 Å². The molecule has 0 aromatic carbocycles. The van der Waals surface area contributed by atoms with Crippen molar-refractivity contribution in [3.05, 3.63) is 10.8 Å². The van der Waals surface area contributed by atoms with Crippen molar-refractivity contribution in [1.29, 1.82) is 0 Å². The van der Waals surface area contributed by atoms with Crippen LogP contribution in [0.1, 0.15) is 13.8 Å². The first-order valence-electron chi connectivity index (χ1n) is 2.67. The molecule has 16 heavy (non-hydrogen) atoms. The van der Waals surface area contributed by atoms with Gasteiger partial charge in [-0.1, -0.05) is 24.4 Å². The Kier molecular flexibility index (Phi) is 106. The van der Waals surface area contributed by atoms with Gasteiger partial charge in [0.25, 0.3) is 0 Å². The number of aliphatic carboxylic acids is 2. The molecular weight excluding hydrogens is 346 g/mol. The van der Waals surface area contributed by atoms with Crippen molar-refractivity contribution in [2.45, 2.75) is 13.8 Å². The summed E-state index contributed by atoms with van der Waals surface area (Å²) in [7, 11) is 0. The molecule has 0 atom stereocenters. The average molecular weight is 352 g/mol. The Morgan fingerprint density at radius 1 is 0.938 bits per heavy atom. The molecule has 94 valence electrons. The van der Waals surface area contributed by atoms with E-state index in [-0.39, 0.29) is 33.6 Å². The fourth-order valence-corrected chi connectivity index (χ4v) is 0. The minimum absolute atomic E-state index is 0. The zero-order valence-corrected chi connectivity index (χ0v) is 11.7. The third-order valence-corrected chi connectivity index (χ3v) is 0. The Labute approximate surface area is 124 Å². The molecule has 0 bridgehead atoms. The van der Waals surface area contributed by atoms with Crippen molar-refractivity contribution in [1.82, 2.24) is 0 Å². The molecule has 0 heterocycles. The van der Waals surface area contributed by atoms with Gasteiger partial charge in [0.2, 0.25) is 0 Å². The van der Waals surface area contributed by atoms with E-state index in [0.717, 1.165) is 13.8 Å². The fourth-order valence-electron chi connectivity index (χ4n) is 0. The normalized spacial score (nSPS) is 4.12. The smallest absolute Gasteiger partial charge is 0.753 e. The molecule has 0 amide bonds. The minimum Gasteiger partial charge on any atom is -0.753 e. The van der Waals surface area contributed by atoms with E-state index in [1.807, 2.05) is 0 Å². The number of hydrogen-bond acceptors (Lipinski definition) is 6. The van der Waals surface area contributed by atoms with Gasteiger partial charge in [0, 0.05) is 11.9 Å². The van der Waals surface area contributed by atoms with Gasteiger partial charge in [-0.05, 0) is 13.8 Å². The second kappa shape index (κ2) is 46.9. The molecule has 0 unspecified atom stereocenters. The maximum Gasteiger partial charge on any atom is 2.00 e. The molecule has 0 N–H and O–H groups in total. The Morgan fingerprint density at radius 2 is 0.938 bits per heavy atom. The van der Waals surface area contributed by atoms with Crippen LogP contribution in [0.15, 0.2) is 0 Å². The molecule has 0 aromatic heterocycles. The first-order chi connectivity index (χ1) is 6.29. The first kappa shape index (κ1) is 36.1. The van der Waals surface area contributed by atoms with Crippen LogP contribution < -0.4 is 10.2 Å². The summed E-state index contributed by atoms with van der Waals surface area (Å²) in [6, 6.07) is 0. The Balaban J connectivity index is -0.0000000202. The van der Waals surface area contributed by atoms with Crippen LogP contribution in [0.25, 0.3) is 10.8 Å². The van der Waals surface area contributed by atoms with Gasteiger partial charge >= 0.3 is 33.6 Å². The molecule has 0 rings (SSSR count). The van der Waals surface area contributed by atoms with Gasteiger partial charge in [0.05, 0.1) is 0 Å². The van der Waals surface area contributed by atoms with Gasteiger partial charge in [0.1, 0.15) is 0 Å². The van der Waals surface area contributed by atoms with E-state index in [2.05, 4.69) is 24.4 Å². The molecule has 0 aromatic rings. The number of rotatable bonds is 0. The van der Waals surface area contributed by atoms with Crippen LogP contribution in [0.4, 0.5) is 0 Å². The molecule has 10 heteroatoms. The largest absolute Gasteiger partial charge is 2.00 e. The van der Waals surface area contributed by atoms with Crippen LogP contribution in [0.2, 0.25) is 0 Å². The fraction of sp³-hybridized carbons (Fsp3) is 0.333. The summed E-state index contributed by atoms with van der Waals surface area (Å²) in [6.45, 7) is 1.94. The van der Waals surface area contributed by atoms with Gasteiger partial charge in [0.15, 0.2) is 0 Å². The summed E-state index contributed by atoms with van der Waals surface area (Å²) in [6.07, 6.45) is 0. The monoisotopic (exact) mass is 352 g/mol. The molecule has 0 aliphatic heterocycles. The predicted molar refractivity (Wildman–Crippen MR) is 53.3 cm³/mol. The molecule has 0 aliphatic rings. The van der Waals surface area contributed by atoms with Crippen LogP contribution in [0.3, 0.4) is 0 Å². The van der Waals surface area contributed by atoms with E-state index in [0.29, 0.717) is 0 Å². The number of thiocarbonyl (C=S) groups is 2. The number of isothiocyanates is 2. The molecule has 2 radical (unpaired) electrons. The third kappa shape index (κ3) is 10700. The van der Waals surface area contributed by atoms with Crippen molar-refractivity contribution in [2.24, 2.45) is 0 Å². The van der Waals surface area contributed by atoms with Crippen molar-refractivity contribution in [2.75, 3.05) is 0 Å². The number of carbonyl (C=O) groups is 2. The number of nitrogens with zero attached hydrogens (tertiary/aromatic N) is 2. The Hall–Kier alpha value is -0.447. The zero-order chi connectivity index (χ0) is 12.6. The van der Waals surface area contributed by atoms with Crippen LogP contribution in [-0.2, 0) is 43.1 Å². The Morgan fingerprint density at radius 3 is 0.938 bits per heavy atom. The SMILES string of the molecule is CC(=O)[O-].CC(=O)[O-].[Co+2].[Co+2].[N-]=C=S.[N-]=C=S. The summed E-state index contributed by atoms with van der Waals surface area (Å²) >= 11 is 7.40. The van der Waals surface area contributed by atoms with Crippen molar-refractivity contribution in [3.8, 4) is 0 Å². The van der Waals surface area contributed by atoms with Gasteiger partial charge in [-0.15, -0.1) is 0 Å². The maximum atomic E-state index is 8.89. The van der Waals surface area contributed by atoms with Crippen LogP contribution in [-0.4, -0.2) is 22.3 Å². The van der Waals surface area contributed by atoms with E-state index >= 15 is 0 Å². The maximum absolute atomic E-state index is 8.89. The zero-order valence-electron chi connectivity index (χ0n) is 8.01. The van der Waals surface area contributed by atoms with Gasteiger partial charge in [-0.2, -0.15) is 10.3 Å². The number of carboxylic acid groups (broad SMARTS) is 2. The third-order valence-electron chi connectivity index (χ3n) is 0. The van der Waals surface area contributed by atoms with Crippen LogP contribution in [0.5, 0.6) is 0 Å². The summed E-state index contributed by atoms with van der Waals surface area (Å²) in [5.41, 5.74) is 0. The first-order valence-corrected chi connectivity index (χ1v) is 3.49. The molecule has 0 fully saturated rings. The van der Waals surface area contributed by atoms with Crippen LogP contribution >= 0.6 is 24.4 Å². The average Bonchev–Trinajstić information content (AvgIpc) is 1.85. The summed E-state index contributed by atoms with van der Waals surface area (Å²) in [5, 5.41) is 34.7. The van der Waals surface area contributed by atoms with E-state index in [1.165, 1.54) is 10.3 Å². The van der Waals surface area contributed by atoms with E-state index < -0.39 is 11.9 Å². The van der Waals surface area contributed by atoms with Gasteiger partial charge in [-0.25, -0.2) is 0 Å². The van der Waals surface area contributed by atoms with E-state index in [1.54, 1.807) is 0 Å². The predicted octanol–water partition coefficient (Wildman–Crippen LogP) is -1.18. The number of carbonyl (C=O) groups excluding carboxylic acids is 2. The second-order valence-corrected chi connectivity index (χ2v) is 1.53. The molecule has 0 aliphatic carbocycles. The van der Waals surface area contributed by atoms with Gasteiger partial charge < -0.3 is 30.6 Å². The summed E-state index contributed by atoms with van der Waals surface area (Å²) < 4.78 is 0. The van der Waals surface area contributed by atoms with Crippen LogP contribution in [0, 0.1) is 0 Å². The topological polar surface area (TPSA) is 125 Å². The standard InChI is InChI=1S/2C2H4O2.2CNS.2Co/c2*1-2(3)4;2*2-1-3;;/h2*1H3,(H,3,4);;;;/q;;2*-1;2*+2/p-2. The number of carboxylic acids is 2. The molecular formula is C6H6Co2N2O4S2. The molecule has 6 nitrogen and oxygen atoms in total. The summed E-state index contributed by atoms with van der Waals surface area (Å²) in [5.74, 6) is -2.17. The van der Waals surface area contributed by atoms with Gasteiger partial charge in [-0.3, -0.25) is 0 Å². The molecule has 0 saturated heterocycles. The number of hydrogen-bond donors (Lipinski definition) is 0. The van der Waals surface area contributed by atoms with Crippen molar-refractivity contribution in [3.63, 3.8) is 0 Å². The second-order valence-electron chi connectivity index (χ2n) is 1.17.